The number of oxazole rings is 1. The zero-order valence-electron chi connectivity index (χ0n) is 10.9. The van der Waals surface area contributed by atoms with Crippen LogP contribution in [-0.2, 0) is 11.3 Å². The average molecular weight is 285 g/mol. The van der Waals surface area contributed by atoms with Gasteiger partial charge in [-0.1, -0.05) is 12.1 Å². The molecule has 0 radical (unpaired) electrons. The van der Waals surface area contributed by atoms with Gasteiger partial charge in [0.1, 0.15) is 6.26 Å². The van der Waals surface area contributed by atoms with E-state index < -0.39 is 11.8 Å². The topological polar surface area (TPSA) is 96.4 Å². The maximum atomic E-state index is 12.1. The molecule has 0 fully saturated rings. The Hall–Kier alpha value is -2.96. The zero-order valence-corrected chi connectivity index (χ0v) is 10.9. The van der Waals surface area contributed by atoms with Gasteiger partial charge in [-0.3, -0.25) is 29.3 Å². The van der Waals surface area contributed by atoms with E-state index in [0.29, 0.717) is 11.1 Å². The first kappa shape index (κ1) is 13.0. The molecular formula is C14H11N3O4. The van der Waals surface area contributed by atoms with Crippen LogP contribution >= 0.6 is 0 Å². The van der Waals surface area contributed by atoms with Crippen molar-refractivity contribution < 1.29 is 18.8 Å². The van der Waals surface area contributed by atoms with Crippen molar-refractivity contribution in [3.63, 3.8) is 0 Å². The molecule has 1 aromatic heterocycles. The van der Waals surface area contributed by atoms with Gasteiger partial charge in [0.25, 0.3) is 17.5 Å². The van der Waals surface area contributed by atoms with Crippen LogP contribution in [0.1, 0.15) is 20.7 Å². The summed E-state index contributed by atoms with van der Waals surface area (Å²) in [5.74, 6) is -1.29. The van der Waals surface area contributed by atoms with E-state index in [-0.39, 0.29) is 24.6 Å². The molecule has 21 heavy (non-hydrogen) atoms. The van der Waals surface area contributed by atoms with E-state index in [1.807, 2.05) is 0 Å². The molecule has 7 nitrogen and oxygen atoms in total. The van der Waals surface area contributed by atoms with Crippen molar-refractivity contribution in [3.8, 4) is 0 Å². The van der Waals surface area contributed by atoms with Gasteiger partial charge in [0.15, 0.2) is 5.78 Å². The number of imide groups is 1. The number of carbonyl (C=O) groups is 3. The highest BCUT2D eigenvalue weighted by Gasteiger charge is 2.36. The number of aromatic nitrogens is 1. The number of fused-ring (bicyclic) bond motifs is 1. The predicted molar refractivity (Wildman–Crippen MR) is 69.4 cm³/mol. The molecule has 1 aliphatic heterocycles. The Morgan fingerprint density at radius 2 is 1.71 bits per heavy atom. The van der Waals surface area contributed by atoms with Gasteiger partial charge in [-0.25, -0.2) is 0 Å². The molecule has 0 saturated heterocycles. The highest BCUT2D eigenvalue weighted by Crippen LogP contribution is 2.21. The lowest BCUT2D eigenvalue weighted by Gasteiger charge is -2.12. The SMILES string of the molecule is N=c1occn1CC(=O)CN1C(=O)c2ccccc2C1=O. The summed E-state index contributed by atoms with van der Waals surface area (Å²) in [4.78, 5) is 37.1. The van der Waals surface area contributed by atoms with E-state index in [2.05, 4.69) is 0 Å². The molecule has 2 aromatic rings. The van der Waals surface area contributed by atoms with Crippen LogP contribution in [0.15, 0.2) is 41.1 Å². The van der Waals surface area contributed by atoms with Crippen molar-refractivity contribution in [2.24, 2.45) is 0 Å². The molecule has 106 valence electrons. The Balaban J connectivity index is 1.76. The molecule has 0 spiro atoms. The van der Waals surface area contributed by atoms with E-state index in [9.17, 15) is 14.4 Å². The van der Waals surface area contributed by atoms with E-state index in [1.54, 1.807) is 24.3 Å². The van der Waals surface area contributed by atoms with E-state index in [1.165, 1.54) is 17.0 Å². The van der Waals surface area contributed by atoms with Gasteiger partial charge in [-0.15, -0.1) is 0 Å². The van der Waals surface area contributed by atoms with E-state index >= 15 is 0 Å². The van der Waals surface area contributed by atoms with Gasteiger partial charge in [-0.05, 0) is 12.1 Å². The fourth-order valence-electron chi connectivity index (χ4n) is 2.23. The number of nitrogens with one attached hydrogen (secondary N) is 1. The fourth-order valence-corrected chi connectivity index (χ4v) is 2.23. The second-order valence-electron chi connectivity index (χ2n) is 4.62. The van der Waals surface area contributed by atoms with Crippen molar-refractivity contribution in [3.05, 3.63) is 53.5 Å². The number of Topliss-reactive ketones (excluding diaryl/α,β-unsaturated/α-hetero) is 1. The minimum absolute atomic E-state index is 0.122. The van der Waals surface area contributed by atoms with E-state index in [0.717, 1.165) is 4.90 Å². The molecule has 0 aliphatic carbocycles. The van der Waals surface area contributed by atoms with E-state index in [4.69, 9.17) is 9.83 Å². The highest BCUT2D eigenvalue weighted by molar-refractivity contribution is 6.22. The maximum Gasteiger partial charge on any atom is 0.294 e. The quantitative estimate of drug-likeness (QED) is 0.824. The molecule has 0 saturated carbocycles. The molecule has 2 heterocycles. The molecule has 0 bridgehead atoms. The number of hydrogen-bond donors (Lipinski definition) is 1. The summed E-state index contributed by atoms with van der Waals surface area (Å²) >= 11 is 0. The summed E-state index contributed by atoms with van der Waals surface area (Å²) in [6.07, 6.45) is 2.74. The standard InChI is InChI=1S/C14H11N3O4/c15-14-16(5-6-21-14)7-9(18)8-17-12(19)10-3-1-2-4-11(10)13(17)20/h1-6,15H,7-8H2. The number of ketones is 1. The van der Waals surface area contributed by atoms with Crippen molar-refractivity contribution >= 4 is 17.6 Å². The number of carbonyl (C=O) groups excluding carboxylic acids is 3. The summed E-state index contributed by atoms with van der Waals surface area (Å²) in [6.45, 7) is -0.438. The second-order valence-corrected chi connectivity index (χ2v) is 4.62. The largest absolute Gasteiger partial charge is 0.432 e. The summed E-state index contributed by atoms with van der Waals surface area (Å²) < 4.78 is 6.05. The predicted octanol–water partition coefficient (Wildman–Crippen LogP) is 0.426. The number of amides is 2. The summed E-state index contributed by atoms with van der Waals surface area (Å²) in [6, 6.07) is 6.46. The average Bonchev–Trinajstić information content (AvgIpc) is 2.97. The van der Waals surface area contributed by atoms with Crippen molar-refractivity contribution in [1.82, 2.24) is 9.47 Å². The van der Waals surface area contributed by atoms with Crippen LogP contribution in [0.25, 0.3) is 0 Å². The van der Waals surface area contributed by atoms with Gasteiger partial charge < -0.3 is 4.42 Å². The molecule has 0 atom stereocenters. The minimum atomic E-state index is -0.466. The highest BCUT2D eigenvalue weighted by atomic mass is 16.3. The second kappa shape index (κ2) is 4.86. The Morgan fingerprint density at radius 3 is 2.24 bits per heavy atom. The van der Waals surface area contributed by atoms with Crippen LogP contribution in [0.5, 0.6) is 0 Å². The third-order valence-electron chi connectivity index (χ3n) is 3.24. The molecule has 7 heteroatoms. The van der Waals surface area contributed by atoms with Crippen LogP contribution in [0.3, 0.4) is 0 Å². The lowest BCUT2D eigenvalue weighted by atomic mass is 10.1. The summed E-state index contributed by atoms with van der Waals surface area (Å²) in [7, 11) is 0. The van der Waals surface area contributed by atoms with Crippen LogP contribution in [0, 0.1) is 5.41 Å². The minimum Gasteiger partial charge on any atom is -0.432 e. The van der Waals surface area contributed by atoms with Gasteiger partial charge in [-0.2, -0.15) is 0 Å². The van der Waals surface area contributed by atoms with Crippen LogP contribution < -0.4 is 5.68 Å². The Morgan fingerprint density at radius 1 is 1.10 bits per heavy atom. The molecular weight excluding hydrogens is 274 g/mol. The molecule has 1 N–H and O–H groups in total. The van der Waals surface area contributed by atoms with Crippen LogP contribution in [0.4, 0.5) is 0 Å². The Kier molecular flexibility index (Phi) is 3.02. The normalized spacial score (nSPS) is 13.6. The first-order valence-electron chi connectivity index (χ1n) is 6.23. The Bertz CT molecular complexity index is 767. The monoisotopic (exact) mass is 285 g/mol. The van der Waals surface area contributed by atoms with Crippen LogP contribution in [0.2, 0.25) is 0 Å². The first-order chi connectivity index (χ1) is 10.1. The van der Waals surface area contributed by atoms with Gasteiger partial charge >= 0.3 is 0 Å². The number of benzene rings is 1. The number of nitrogens with zero attached hydrogens (tertiary/aromatic N) is 2. The maximum absolute atomic E-state index is 12.1. The number of hydrogen-bond acceptors (Lipinski definition) is 5. The van der Waals surface area contributed by atoms with Crippen molar-refractivity contribution in [2.75, 3.05) is 6.54 Å². The lowest BCUT2D eigenvalue weighted by molar-refractivity contribution is -0.120. The smallest absolute Gasteiger partial charge is 0.294 e. The number of rotatable bonds is 4. The van der Waals surface area contributed by atoms with Gasteiger partial charge in [0, 0.05) is 6.20 Å². The molecule has 1 aromatic carbocycles. The molecule has 3 rings (SSSR count). The first-order valence-corrected chi connectivity index (χ1v) is 6.23. The van der Waals surface area contributed by atoms with Gasteiger partial charge in [0.05, 0.1) is 24.2 Å². The lowest BCUT2D eigenvalue weighted by Crippen LogP contribution is -2.37. The van der Waals surface area contributed by atoms with Crippen molar-refractivity contribution in [1.29, 1.82) is 5.41 Å². The zero-order chi connectivity index (χ0) is 15.0. The third-order valence-corrected chi connectivity index (χ3v) is 3.24. The molecule has 1 aliphatic rings. The Labute approximate surface area is 118 Å². The van der Waals surface area contributed by atoms with Crippen molar-refractivity contribution in [2.45, 2.75) is 6.54 Å². The summed E-state index contributed by atoms with van der Waals surface area (Å²) in [5.41, 5.74) is 0.464. The van der Waals surface area contributed by atoms with Gasteiger partial charge in [0.2, 0.25) is 0 Å². The van der Waals surface area contributed by atoms with Crippen LogP contribution in [-0.4, -0.2) is 33.6 Å². The summed E-state index contributed by atoms with van der Waals surface area (Å²) in [5, 5.41) is 7.41. The molecule has 0 unspecified atom stereocenters. The molecule has 2 amide bonds. The third kappa shape index (κ3) is 2.18. The fraction of sp³-hybridized carbons (Fsp3) is 0.143.